The number of aliphatic hydroxyl groups is 1. The van der Waals surface area contributed by atoms with E-state index < -0.39 is 42.6 Å². The van der Waals surface area contributed by atoms with Gasteiger partial charge in [-0.3, -0.25) is 9.59 Å². The minimum absolute atomic E-state index is 0.193. The van der Waals surface area contributed by atoms with Gasteiger partial charge in [-0.1, -0.05) is 60.7 Å². The number of benzene rings is 2. The predicted octanol–water partition coefficient (Wildman–Crippen LogP) is 2.37. The van der Waals surface area contributed by atoms with Crippen LogP contribution >= 0.6 is 0 Å². The third-order valence-corrected chi connectivity index (χ3v) is 4.93. The van der Waals surface area contributed by atoms with Crippen molar-refractivity contribution in [3.05, 3.63) is 71.8 Å². The Labute approximate surface area is 187 Å². The molecule has 0 aliphatic carbocycles. The van der Waals surface area contributed by atoms with Crippen LogP contribution in [0.3, 0.4) is 0 Å². The number of aliphatic hydroxyl groups excluding tert-OH is 1. The highest BCUT2D eigenvalue weighted by Crippen LogP contribution is 2.29. The smallest absolute Gasteiger partial charge is 0.303 e. The molecule has 0 saturated carbocycles. The van der Waals surface area contributed by atoms with Crippen LogP contribution < -0.4 is 0 Å². The molecule has 1 heterocycles. The van der Waals surface area contributed by atoms with Gasteiger partial charge < -0.3 is 28.8 Å². The monoisotopic (exact) mass is 444 g/mol. The summed E-state index contributed by atoms with van der Waals surface area (Å²) in [6, 6.07) is 18.9. The van der Waals surface area contributed by atoms with Crippen molar-refractivity contribution in [3.63, 3.8) is 0 Å². The minimum atomic E-state index is -1.38. The van der Waals surface area contributed by atoms with E-state index in [1.165, 1.54) is 13.8 Å². The van der Waals surface area contributed by atoms with E-state index in [0.717, 1.165) is 11.1 Å². The molecule has 1 aliphatic rings. The average Bonchev–Trinajstić information content (AvgIpc) is 2.78. The van der Waals surface area contributed by atoms with Crippen LogP contribution in [0.25, 0.3) is 0 Å². The molecule has 0 bridgehead atoms. The molecule has 3 rings (SSSR count). The molecule has 0 amide bonds. The molecule has 32 heavy (non-hydrogen) atoms. The van der Waals surface area contributed by atoms with Gasteiger partial charge in [0.25, 0.3) is 0 Å². The maximum Gasteiger partial charge on any atom is 0.303 e. The van der Waals surface area contributed by atoms with Crippen LogP contribution in [0, 0.1) is 0 Å². The van der Waals surface area contributed by atoms with Crippen molar-refractivity contribution in [1.29, 1.82) is 0 Å². The summed E-state index contributed by atoms with van der Waals surface area (Å²) in [5.74, 6) is -1.08. The Morgan fingerprint density at radius 2 is 1.34 bits per heavy atom. The van der Waals surface area contributed by atoms with Crippen LogP contribution in [0.2, 0.25) is 0 Å². The summed E-state index contributed by atoms with van der Waals surface area (Å²) >= 11 is 0. The van der Waals surface area contributed by atoms with Crippen LogP contribution in [0.15, 0.2) is 60.7 Å². The average molecular weight is 444 g/mol. The van der Waals surface area contributed by atoms with E-state index >= 15 is 0 Å². The molecule has 8 heteroatoms. The van der Waals surface area contributed by atoms with Crippen molar-refractivity contribution >= 4 is 11.9 Å². The lowest BCUT2D eigenvalue weighted by Gasteiger charge is -2.43. The molecule has 1 fully saturated rings. The molecule has 1 saturated heterocycles. The van der Waals surface area contributed by atoms with Gasteiger partial charge in [0.15, 0.2) is 12.4 Å². The van der Waals surface area contributed by atoms with Gasteiger partial charge in [-0.2, -0.15) is 0 Å². The van der Waals surface area contributed by atoms with Gasteiger partial charge in [0.1, 0.15) is 24.9 Å². The van der Waals surface area contributed by atoms with Crippen molar-refractivity contribution in [2.24, 2.45) is 0 Å². The molecule has 1 unspecified atom stereocenters. The second kappa shape index (κ2) is 11.7. The molecular formula is C24H28O8. The summed E-state index contributed by atoms with van der Waals surface area (Å²) in [5, 5.41) is 10.7. The highest BCUT2D eigenvalue weighted by Gasteiger charge is 2.49. The van der Waals surface area contributed by atoms with Gasteiger partial charge in [0.05, 0.1) is 13.2 Å². The lowest BCUT2D eigenvalue weighted by atomic mass is 9.98. The highest BCUT2D eigenvalue weighted by atomic mass is 16.7. The largest absolute Gasteiger partial charge is 0.463 e. The fourth-order valence-corrected chi connectivity index (χ4v) is 3.46. The fraction of sp³-hybridized carbons (Fsp3) is 0.417. The fourth-order valence-electron chi connectivity index (χ4n) is 3.46. The van der Waals surface area contributed by atoms with Gasteiger partial charge in [-0.25, -0.2) is 0 Å². The summed E-state index contributed by atoms with van der Waals surface area (Å²) in [7, 11) is 0. The first-order valence-electron chi connectivity index (χ1n) is 10.4. The van der Waals surface area contributed by atoms with Crippen molar-refractivity contribution in [2.75, 3.05) is 6.61 Å². The van der Waals surface area contributed by atoms with Crippen LogP contribution in [0.5, 0.6) is 0 Å². The molecule has 172 valence electrons. The summed E-state index contributed by atoms with van der Waals surface area (Å²) in [5.41, 5.74) is 1.79. The van der Waals surface area contributed by atoms with Crippen molar-refractivity contribution in [3.8, 4) is 0 Å². The standard InChI is InChI=1S/C24H28O8/c1-16(25)28-15-20-21(31-17(2)26)22(29-13-18-9-5-3-6-10-18)23(24(27)32-20)30-14-19-11-7-4-8-12-19/h3-12,20-24,27H,13-15H2,1-2H3/t20-,21+,22+,23-,24?/m1/s1. The minimum Gasteiger partial charge on any atom is -0.463 e. The second-order valence-electron chi connectivity index (χ2n) is 7.46. The number of hydrogen-bond acceptors (Lipinski definition) is 8. The molecule has 0 spiro atoms. The lowest BCUT2D eigenvalue weighted by Crippen LogP contribution is -2.61. The summed E-state index contributed by atoms with van der Waals surface area (Å²) in [6.07, 6.45) is -5.08. The van der Waals surface area contributed by atoms with Gasteiger partial charge in [-0.15, -0.1) is 0 Å². The molecular weight excluding hydrogens is 416 g/mol. The summed E-state index contributed by atoms with van der Waals surface area (Å²) in [4.78, 5) is 23.1. The Bertz CT molecular complexity index is 857. The molecule has 0 radical (unpaired) electrons. The van der Waals surface area contributed by atoms with E-state index in [1.54, 1.807) is 0 Å². The zero-order chi connectivity index (χ0) is 22.9. The first-order chi connectivity index (χ1) is 15.4. The Hall–Kier alpha value is -2.78. The number of hydrogen-bond donors (Lipinski definition) is 1. The normalized spacial score (nSPS) is 25.2. The number of carbonyl (C=O) groups is 2. The van der Waals surface area contributed by atoms with Crippen molar-refractivity contribution in [2.45, 2.75) is 57.8 Å². The zero-order valence-corrected chi connectivity index (χ0v) is 18.1. The molecule has 2 aromatic carbocycles. The van der Waals surface area contributed by atoms with Gasteiger partial charge in [-0.05, 0) is 11.1 Å². The van der Waals surface area contributed by atoms with Crippen molar-refractivity contribution < 1.29 is 38.4 Å². The second-order valence-corrected chi connectivity index (χ2v) is 7.46. The van der Waals surface area contributed by atoms with Crippen LogP contribution in [0.4, 0.5) is 0 Å². The SMILES string of the molecule is CC(=O)OC[C@H]1OC(O)[C@H](OCc2ccccc2)[C@@H](OCc2ccccc2)[C@H]1OC(C)=O. The number of esters is 2. The Morgan fingerprint density at radius 1 is 0.812 bits per heavy atom. The summed E-state index contributed by atoms with van der Waals surface area (Å²) in [6.45, 7) is 2.71. The number of ether oxygens (including phenoxy) is 5. The molecule has 2 aromatic rings. The van der Waals surface area contributed by atoms with Gasteiger partial charge in [0, 0.05) is 13.8 Å². The van der Waals surface area contributed by atoms with E-state index in [9.17, 15) is 14.7 Å². The quantitative estimate of drug-likeness (QED) is 0.589. The number of rotatable bonds is 9. The van der Waals surface area contributed by atoms with Crippen LogP contribution in [-0.2, 0) is 46.5 Å². The first-order valence-corrected chi connectivity index (χ1v) is 10.4. The molecule has 5 atom stereocenters. The molecule has 1 aliphatic heterocycles. The van der Waals surface area contributed by atoms with E-state index in [0.29, 0.717) is 0 Å². The lowest BCUT2D eigenvalue weighted by molar-refractivity contribution is -0.309. The Morgan fingerprint density at radius 3 is 1.84 bits per heavy atom. The van der Waals surface area contributed by atoms with E-state index in [1.807, 2.05) is 60.7 Å². The van der Waals surface area contributed by atoms with Crippen LogP contribution in [-0.4, -0.2) is 54.4 Å². The Balaban J connectivity index is 1.82. The molecule has 0 aromatic heterocycles. The summed E-state index contributed by atoms with van der Waals surface area (Å²) < 4.78 is 28.3. The third-order valence-electron chi connectivity index (χ3n) is 4.93. The van der Waals surface area contributed by atoms with Gasteiger partial charge >= 0.3 is 11.9 Å². The number of carbonyl (C=O) groups excluding carboxylic acids is 2. The maximum absolute atomic E-state index is 11.8. The zero-order valence-electron chi connectivity index (χ0n) is 18.1. The maximum atomic E-state index is 11.8. The van der Waals surface area contributed by atoms with E-state index in [4.69, 9.17) is 23.7 Å². The topological polar surface area (TPSA) is 101 Å². The highest BCUT2D eigenvalue weighted by molar-refractivity contribution is 5.66. The van der Waals surface area contributed by atoms with Gasteiger partial charge in [0.2, 0.25) is 0 Å². The predicted molar refractivity (Wildman–Crippen MR) is 113 cm³/mol. The first kappa shape index (κ1) is 23.9. The molecule has 8 nitrogen and oxygen atoms in total. The van der Waals surface area contributed by atoms with E-state index in [-0.39, 0.29) is 19.8 Å². The van der Waals surface area contributed by atoms with Crippen molar-refractivity contribution in [1.82, 2.24) is 0 Å². The molecule has 1 N–H and O–H groups in total. The van der Waals surface area contributed by atoms with Crippen LogP contribution in [0.1, 0.15) is 25.0 Å². The Kier molecular flexibility index (Phi) is 8.75. The van der Waals surface area contributed by atoms with E-state index in [2.05, 4.69) is 0 Å². The third kappa shape index (κ3) is 6.86.